The summed E-state index contributed by atoms with van der Waals surface area (Å²) in [6.07, 6.45) is 2.05. The van der Waals surface area contributed by atoms with E-state index in [4.69, 9.17) is 5.11 Å². The number of hydrogen-bond acceptors (Lipinski definition) is 2. The van der Waals surface area contributed by atoms with Crippen LogP contribution in [0.2, 0.25) is 0 Å². The van der Waals surface area contributed by atoms with Crippen LogP contribution in [0.15, 0.2) is 18.3 Å². The molecule has 0 spiro atoms. The molecule has 13 heavy (non-hydrogen) atoms. The third kappa shape index (κ3) is 1.52. The lowest BCUT2D eigenvalue weighted by Gasteiger charge is -1.96. The van der Waals surface area contributed by atoms with Gasteiger partial charge in [0, 0.05) is 6.20 Å². The fourth-order valence-corrected chi connectivity index (χ4v) is 1.44. The number of nitrogens with zero attached hydrogens (tertiary/aromatic N) is 1. The van der Waals surface area contributed by atoms with Crippen LogP contribution in [-0.2, 0) is 4.79 Å². The Morgan fingerprint density at radius 3 is 2.85 bits per heavy atom. The van der Waals surface area contributed by atoms with Crippen molar-refractivity contribution in [3.05, 3.63) is 29.8 Å². The van der Waals surface area contributed by atoms with Crippen molar-refractivity contribution in [2.45, 2.75) is 12.3 Å². The quantitative estimate of drug-likeness (QED) is 0.702. The van der Waals surface area contributed by atoms with Gasteiger partial charge in [-0.1, -0.05) is 6.07 Å². The molecule has 0 saturated heterocycles. The first-order valence-electron chi connectivity index (χ1n) is 4.03. The largest absolute Gasteiger partial charge is 0.481 e. The Kier molecular flexibility index (Phi) is 1.76. The van der Waals surface area contributed by atoms with Crippen molar-refractivity contribution >= 4 is 5.97 Å². The van der Waals surface area contributed by atoms with Gasteiger partial charge >= 0.3 is 5.97 Å². The third-order valence-electron chi connectivity index (χ3n) is 2.29. The van der Waals surface area contributed by atoms with Gasteiger partial charge in [-0.05, 0) is 24.0 Å². The maximum Gasteiger partial charge on any atom is 0.307 e. The Balaban J connectivity index is 2.12. The average Bonchev–Trinajstić information content (AvgIpc) is 2.85. The molecule has 68 valence electrons. The molecule has 4 heteroatoms. The lowest BCUT2D eigenvalue weighted by Crippen LogP contribution is -1.99. The summed E-state index contributed by atoms with van der Waals surface area (Å²) in [4.78, 5) is 14.0. The maximum atomic E-state index is 12.4. The SMILES string of the molecule is O=C(O)C1CC1c1ccc(F)nc1. The molecule has 1 aliphatic rings. The highest BCUT2D eigenvalue weighted by atomic mass is 19.1. The van der Waals surface area contributed by atoms with E-state index in [1.165, 1.54) is 12.3 Å². The van der Waals surface area contributed by atoms with Gasteiger partial charge in [0.05, 0.1) is 5.92 Å². The summed E-state index contributed by atoms with van der Waals surface area (Å²) in [6, 6.07) is 2.85. The summed E-state index contributed by atoms with van der Waals surface area (Å²) in [7, 11) is 0. The van der Waals surface area contributed by atoms with Crippen LogP contribution in [0.4, 0.5) is 4.39 Å². The fraction of sp³-hybridized carbons (Fsp3) is 0.333. The van der Waals surface area contributed by atoms with Crippen molar-refractivity contribution in [2.75, 3.05) is 0 Å². The van der Waals surface area contributed by atoms with Gasteiger partial charge in [0.25, 0.3) is 0 Å². The molecule has 2 rings (SSSR count). The smallest absolute Gasteiger partial charge is 0.307 e. The number of carboxylic acids is 1. The molecule has 0 radical (unpaired) electrons. The number of hydrogen-bond donors (Lipinski definition) is 1. The molecule has 3 nitrogen and oxygen atoms in total. The number of aromatic nitrogens is 1. The van der Waals surface area contributed by atoms with Crippen LogP contribution in [0, 0.1) is 11.9 Å². The molecular formula is C9H8FNO2. The summed E-state index contributed by atoms with van der Waals surface area (Å²) >= 11 is 0. The minimum absolute atomic E-state index is 0.0330. The summed E-state index contributed by atoms with van der Waals surface area (Å²) in [6.45, 7) is 0. The van der Waals surface area contributed by atoms with Crippen molar-refractivity contribution in [3.8, 4) is 0 Å². The van der Waals surface area contributed by atoms with Gasteiger partial charge in [-0.25, -0.2) is 4.98 Å². The predicted molar refractivity (Wildman–Crippen MR) is 42.7 cm³/mol. The second-order valence-corrected chi connectivity index (χ2v) is 3.20. The van der Waals surface area contributed by atoms with Crippen LogP contribution in [-0.4, -0.2) is 16.1 Å². The molecule has 1 fully saturated rings. The van der Waals surface area contributed by atoms with Crippen LogP contribution in [0.3, 0.4) is 0 Å². The predicted octanol–water partition coefficient (Wildman–Crippen LogP) is 1.41. The van der Waals surface area contributed by atoms with Gasteiger partial charge in [0.15, 0.2) is 0 Å². The van der Waals surface area contributed by atoms with Gasteiger partial charge < -0.3 is 5.11 Å². The lowest BCUT2D eigenvalue weighted by molar-refractivity contribution is -0.138. The van der Waals surface area contributed by atoms with Crippen molar-refractivity contribution < 1.29 is 14.3 Å². The van der Waals surface area contributed by atoms with Crippen molar-refractivity contribution in [1.29, 1.82) is 0 Å². The normalized spacial score (nSPS) is 25.6. The summed E-state index contributed by atoms with van der Waals surface area (Å²) in [5.74, 6) is -1.58. The lowest BCUT2D eigenvalue weighted by atomic mass is 10.1. The molecule has 1 aromatic rings. The zero-order chi connectivity index (χ0) is 9.42. The van der Waals surface area contributed by atoms with Gasteiger partial charge in [0.2, 0.25) is 5.95 Å². The first-order valence-corrected chi connectivity index (χ1v) is 4.03. The number of carbonyl (C=O) groups is 1. The van der Waals surface area contributed by atoms with Crippen molar-refractivity contribution in [2.24, 2.45) is 5.92 Å². The minimum Gasteiger partial charge on any atom is -0.481 e. The van der Waals surface area contributed by atoms with E-state index in [-0.39, 0.29) is 11.8 Å². The van der Waals surface area contributed by atoms with E-state index in [1.54, 1.807) is 6.07 Å². The standard InChI is InChI=1S/C9H8FNO2/c10-8-2-1-5(4-11-8)6-3-7(6)9(12)13/h1-2,4,6-7H,3H2,(H,12,13). The number of aliphatic carboxylic acids is 1. The van der Waals surface area contributed by atoms with E-state index in [9.17, 15) is 9.18 Å². The highest BCUT2D eigenvalue weighted by Crippen LogP contribution is 2.47. The van der Waals surface area contributed by atoms with E-state index in [0.717, 1.165) is 5.56 Å². The summed E-state index contributed by atoms with van der Waals surface area (Å²) < 4.78 is 12.4. The first-order chi connectivity index (χ1) is 6.18. The third-order valence-corrected chi connectivity index (χ3v) is 2.29. The highest BCUT2D eigenvalue weighted by Gasteiger charge is 2.44. The number of rotatable bonds is 2. The second-order valence-electron chi connectivity index (χ2n) is 3.20. The maximum absolute atomic E-state index is 12.4. The Bertz CT molecular complexity index is 336. The van der Waals surface area contributed by atoms with E-state index in [0.29, 0.717) is 6.42 Å². The molecule has 0 bridgehead atoms. The number of pyridine rings is 1. The molecule has 0 aromatic carbocycles. The van der Waals surface area contributed by atoms with Crippen molar-refractivity contribution in [3.63, 3.8) is 0 Å². The molecule has 1 aliphatic carbocycles. The fourth-order valence-electron chi connectivity index (χ4n) is 1.44. The molecule has 1 N–H and O–H groups in total. The first kappa shape index (κ1) is 8.16. The minimum atomic E-state index is -0.783. The van der Waals surface area contributed by atoms with Gasteiger partial charge in [-0.2, -0.15) is 4.39 Å². The van der Waals surface area contributed by atoms with Crippen LogP contribution >= 0.6 is 0 Å². The molecular weight excluding hydrogens is 173 g/mol. The van der Waals surface area contributed by atoms with E-state index in [2.05, 4.69) is 4.98 Å². The van der Waals surface area contributed by atoms with Crippen LogP contribution < -0.4 is 0 Å². The van der Waals surface area contributed by atoms with E-state index >= 15 is 0 Å². The van der Waals surface area contributed by atoms with Crippen LogP contribution in [0.1, 0.15) is 17.9 Å². The Hall–Kier alpha value is -1.45. The molecule has 2 unspecified atom stereocenters. The zero-order valence-corrected chi connectivity index (χ0v) is 6.77. The number of halogens is 1. The molecule has 0 amide bonds. The molecule has 0 aliphatic heterocycles. The van der Waals surface area contributed by atoms with Crippen LogP contribution in [0.25, 0.3) is 0 Å². The Morgan fingerprint density at radius 2 is 2.38 bits per heavy atom. The van der Waals surface area contributed by atoms with Gasteiger partial charge in [0.1, 0.15) is 0 Å². The van der Waals surface area contributed by atoms with E-state index < -0.39 is 11.9 Å². The average molecular weight is 181 g/mol. The topological polar surface area (TPSA) is 50.2 Å². The Labute approximate surface area is 74.2 Å². The van der Waals surface area contributed by atoms with Crippen molar-refractivity contribution in [1.82, 2.24) is 4.98 Å². The number of carboxylic acid groups (broad SMARTS) is 1. The van der Waals surface area contributed by atoms with Gasteiger partial charge in [-0.3, -0.25) is 4.79 Å². The molecule has 1 heterocycles. The highest BCUT2D eigenvalue weighted by molar-refractivity contribution is 5.75. The summed E-state index contributed by atoms with van der Waals surface area (Å²) in [5.41, 5.74) is 0.814. The monoisotopic (exact) mass is 181 g/mol. The molecule has 1 aromatic heterocycles. The molecule has 2 atom stereocenters. The Morgan fingerprint density at radius 1 is 1.62 bits per heavy atom. The van der Waals surface area contributed by atoms with Gasteiger partial charge in [-0.15, -0.1) is 0 Å². The van der Waals surface area contributed by atoms with Crippen LogP contribution in [0.5, 0.6) is 0 Å². The second kappa shape index (κ2) is 2.80. The summed E-state index contributed by atoms with van der Waals surface area (Å²) in [5, 5.41) is 8.65. The zero-order valence-electron chi connectivity index (χ0n) is 6.77. The van der Waals surface area contributed by atoms with E-state index in [1.807, 2.05) is 0 Å². The molecule has 1 saturated carbocycles.